The quantitative estimate of drug-likeness (QED) is 0.0599. The molecule has 1 fully saturated rings. The van der Waals surface area contributed by atoms with Crippen molar-refractivity contribution in [1.82, 2.24) is 30.2 Å². The van der Waals surface area contributed by atoms with Gasteiger partial charge in [-0.1, -0.05) is 13.8 Å². The molecule has 0 radical (unpaired) electrons. The highest BCUT2D eigenvalue weighted by Crippen LogP contribution is 2.61. The zero-order valence-electron chi connectivity index (χ0n) is 25.2. The number of nitrogens with two attached hydrogens (primary N) is 1. The highest BCUT2D eigenvalue weighted by atomic mass is 32.1. The van der Waals surface area contributed by atoms with Crippen molar-refractivity contribution in [3.05, 3.63) is 12.7 Å². The van der Waals surface area contributed by atoms with E-state index in [9.17, 15) is 53.1 Å². The number of thiol groups is 1. The summed E-state index contributed by atoms with van der Waals surface area (Å²) in [5, 5.41) is 26.1. The van der Waals surface area contributed by atoms with Crippen LogP contribution in [-0.2, 0) is 45.9 Å². The number of phosphoric acid groups is 3. The molecule has 0 spiro atoms. The number of phosphoric ester groups is 3. The van der Waals surface area contributed by atoms with Crippen molar-refractivity contribution < 1.29 is 75.7 Å². The van der Waals surface area contributed by atoms with E-state index in [-0.39, 0.29) is 35.9 Å². The molecule has 27 heteroatoms. The average molecular weight is 768 g/mol. The van der Waals surface area contributed by atoms with E-state index in [0.717, 1.165) is 17.2 Å². The molecule has 4 unspecified atom stereocenters. The molecule has 0 saturated carbocycles. The first kappa shape index (κ1) is 40.3. The number of amides is 2. The van der Waals surface area contributed by atoms with Gasteiger partial charge in [0, 0.05) is 30.7 Å². The Bertz CT molecular complexity index is 1590. The molecule has 0 aliphatic carbocycles. The Morgan fingerprint density at radius 2 is 1.77 bits per heavy atom. The molecule has 0 bridgehead atoms. The van der Waals surface area contributed by atoms with Crippen LogP contribution in [0.15, 0.2) is 12.7 Å². The van der Waals surface area contributed by atoms with Gasteiger partial charge in [-0.05, 0) is 0 Å². The predicted octanol–water partition coefficient (Wildman–Crippen LogP) is -1.67. The van der Waals surface area contributed by atoms with Gasteiger partial charge in [-0.25, -0.2) is 28.6 Å². The Morgan fingerprint density at radius 1 is 1.10 bits per heavy atom. The smallest absolute Gasteiger partial charge is 0.386 e. The fourth-order valence-corrected chi connectivity index (χ4v) is 7.08. The molecule has 3 rings (SSSR count). The van der Waals surface area contributed by atoms with Gasteiger partial charge >= 0.3 is 23.5 Å². The third-order valence-electron chi connectivity index (χ3n) is 6.51. The summed E-state index contributed by atoms with van der Waals surface area (Å²) in [6.45, 7) is 0.723. The highest BCUT2D eigenvalue weighted by molar-refractivity contribution is 7.80. The first-order chi connectivity index (χ1) is 22.2. The van der Waals surface area contributed by atoms with Crippen molar-refractivity contribution in [2.75, 3.05) is 37.8 Å². The zero-order chi connectivity index (χ0) is 36.1. The first-order valence-electron chi connectivity index (χ1n) is 13.7. The van der Waals surface area contributed by atoms with E-state index >= 15 is 0 Å². The number of carbonyl (C=O) groups excluding carboxylic acids is 2. The second-order valence-corrected chi connectivity index (χ2v) is 15.5. The van der Waals surface area contributed by atoms with Crippen LogP contribution in [0.4, 0.5) is 5.82 Å². The number of nitrogen functional groups attached to an aromatic ring is 1. The van der Waals surface area contributed by atoms with Crippen molar-refractivity contribution in [2.45, 2.75) is 50.9 Å². The number of aromatic nitrogens is 4. The van der Waals surface area contributed by atoms with Crippen LogP contribution in [0, 0.1) is 5.41 Å². The number of hydrogen-bond donors (Lipinski definition) is 10. The van der Waals surface area contributed by atoms with Crippen LogP contribution in [-0.4, -0.2) is 118 Å². The second kappa shape index (κ2) is 16.3. The lowest BCUT2D eigenvalue weighted by atomic mass is 9.87. The number of nitrogens with one attached hydrogen (secondary N) is 2. The van der Waals surface area contributed by atoms with Gasteiger partial charge in [0.1, 0.15) is 36.3 Å². The maximum absolute atomic E-state index is 12.6. The van der Waals surface area contributed by atoms with E-state index in [1.165, 1.54) is 13.8 Å². The van der Waals surface area contributed by atoms with Gasteiger partial charge < -0.3 is 50.9 Å². The van der Waals surface area contributed by atoms with Crippen molar-refractivity contribution in [3.63, 3.8) is 0 Å². The van der Waals surface area contributed by atoms with Crippen LogP contribution >= 0.6 is 36.1 Å². The minimum Gasteiger partial charge on any atom is -0.386 e. The minimum absolute atomic E-state index is 0.0363. The fraction of sp³-hybridized carbons (Fsp3) is 0.667. The van der Waals surface area contributed by atoms with Crippen LogP contribution in [0.3, 0.4) is 0 Å². The van der Waals surface area contributed by atoms with E-state index in [1.54, 1.807) is 0 Å². The van der Waals surface area contributed by atoms with Crippen molar-refractivity contribution in [1.29, 1.82) is 0 Å². The van der Waals surface area contributed by atoms with E-state index < -0.39 is 78.6 Å². The third-order valence-corrected chi connectivity index (χ3v) is 9.83. The first-order valence-corrected chi connectivity index (χ1v) is 18.8. The molecule has 1 aliphatic rings. The summed E-state index contributed by atoms with van der Waals surface area (Å²) in [6.07, 6.45) is -6.74. The average Bonchev–Trinajstić information content (AvgIpc) is 3.54. The van der Waals surface area contributed by atoms with Crippen LogP contribution in [0.25, 0.3) is 11.2 Å². The van der Waals surface area contributed by atoms with E-state index in [1.807, 2.05) is 0 Å². The molecule has 1 aliphatic heterocycles. The third kappa shape index (κ3) is 11.2. The maximum Gasteiger partial charge on any atom is 0.481 e. The Hall–Kier alpha value is -2.11. The van der Waals surface area contributed by atoms with Gasteiger partial charge in [-0.2, -0.15) is 16.9 Å². The van der Waals surface area contributed by atoms with Crippen LogP contribution in [0.5, 0.6) is 0 Å². The van der Waals surface area contributed by atoms with Gasteiger partial charge in [-0.3, -0.25) is 27.7 Å². The summed E-state index contributed by atoms with van der Waals surface area (Å²) in [6, 6.07) is 0. The number of carbonyl (C=O) groups is 2. The molecule has 10 N–H and O–H groups in total. The van der Waals surface area contributed by atoms with Crippen LogP contribution in [0.1, 0.15) is 26.5 Å². The summed E-state index contributed by atoms with van der Waals surface area (Å²) in [5.41, 5.74) is 4.30. The second-order valence-electron chi connectivity index (χ2n) is 10.8. The molecule has 2 aromatic heterocycles. The van der Waals surface area contributed by atoms with E-state index in [2.05, 4.69) is 47.0 Å². The maximum atomic E-state index is 12.6. The minimum atomic E-state index is -5.54. The lowest BCUT2D eigenvalue weighted by Crippen LogP contribution is -2.46. The molecule has 48 heavy (non-hydrogen) atoms. The van der Waals surface area contributed by atoms with Crippen LogP contribution < -0.4 is 16.4 Å². The Labute approximate surface area is 277 Å². The number of imidazole rings is 1. The molecule has 2 aromatic rings. The fourth-order valence-electron chi connectivity index (χ4n) is 4.14. The molecule has 2 amide bonds. The lowest BCUT2D eigenvalue weighted by molar-refractivity contribution is -0.137. The number of rotatable bonds is 18. The summed E-state index contributed by atoms with van der Waals surface area (Å²) in [4.78, 5) is 74.6. The van der Waals surface area contributed by atoms with Crippen LogP contribution in [0.2, 0.25) is 0 Å². The number of aliphatic hydroxyl groups is 2. The molecular weight excluding hydrogens is 731 g/mol. The molecule has 1 saturated heterocycles. The normalized spacial score (nSPS) is 23.4. The molecule has 23 nitrogen and oxygen atoms in total. The highest BCUT2D eigenvalue weighted by Gasteiger charge is 2.50. The predicted molar refractivity (Wildman–Crippen MR) is 163 cm³/mol. The van der Waals surface area contributed by atoms with Gasteiger partial charge in [0.25, 0.3) is 0 Å². The zero-order valence-corrected chi connectivity index (χ0v) is 28.8. The molecule has 272 valence electrons. The Kier molecular flexibility index (Phi) is 13.7. The summed E-state index contributed by atoms with van der Waals surface area (Å²) in [5.74, 6) is -0.943. The number of nitrogens with zero attached hydrogens (tertiary/aromatic N) is 4. The largest absolute Gasteiger partial charge is 0.481 e. The number of fused-ring (bicyclic) bond motifs is 1. The Morgan fingerprint density at radius 3 is 2.42 bits per heavy atom. The number of anilines is 1. The molecule has 0 aromatic carbocycles. The van der Waals surface area contributed by atoms with Crippen molar-refractivity contribution >= 4 is 64.9 Å². The van der Waals surface area contributed by atoms with Crippen molar-refractivity contribution in [3.8, 4) is 0 Å². The number of ether oxygens (including phenoxy) is 1. The summed E-state index contributed by atoms with van der Waals surface area (Å²) < 4.78 is 61.7. The number of hydrogen-bond acceptors (Lipinski definition) is 17. The molecular formula is C21H36N7O16P3S. The summed E-state index contributed by atoms with van der Waals surface area (Å²) in [7, 11) is -16.3. The topological polar surface area (TPSA) is 347 Å². The molecule has 7 atom stereocenters. The van der Waals surface area contributed by atoms with E-state index in [0.29, 0.717) is 12.3 Å². The SMILES string of the molecule is CC(C)(COP(=O)(O)OP(=O)(O)OC[C@H]1OC(n2cnc3c(N)ncnc32)[C@H](O)[C@@H]1OP(=O)(O)O)C(O)C(=O)NCCC(=O)NCCS. The van der Waals surface area contributed by atoms with Gasteiger partial charge in [0.2, 0.25) is 11.8 Å². The lowest BCUT2D eigenvalue weighted by Gasteiger charge is -2.30. The van der Waals surface area contributed by atoms with Gasteiger partial charge in [-0.15, -0.1) is 0 Å². The van der Waals surface area contributed by atoms with Crippen molar-refractivity contribution in [2.24, 2.45) is 5.41 Å². The van der Waals surface area contributed by atoms with E-state index in [4.69, 9.17) is 19.5 Å². The van der Waals surface area contributed by atoms with Gasteiger partial charge in [0.05, 0.1) is 19.5 Å². The molecule has 3 heterocycles. The summed E-state index contributed by atoms with van der Waals surface area (Å²) >= 11 is 3.95. The standard InChI is InChI=1S/C21H36N7O16P3S/c1-21(2,16(31)19(32)24-4-3-12(29)23-5-6-48)8-41-47(38,39)44-46(36,37)40-7-11-15(43-45(33,34)35)14(30)20(42-11)28-10-27-13-17(22)25-9-26-18(13)28/h9-11,14-16,20,30-31,48H,3-8H2,1-2H3,(H,23,29)(H,24,32)(H,36,37)(H,38,39)(H2,22,25,26)(H2,33,34,35)/t11-,14-,15-,16?,20?/m1/s1. The monoisotopic (exact) mass is 767 g/mol. The van der Waals surface area contributed by atoms with Gasteiger partial charge in [0.15, 0.2) is 17.7 Å². The Balaban J connectivity index is 1.61. The number of aliphatic hydroxyl groups excluding tert-OH is 2.